The Morgan fingerprint density at radius 1 is 0.500 bits per heavy atom. The van der Waals surface area contributed by atoms with Gasteiger partial charge >= 0.3 is 12.1 Å². The van der Waals surface area contributed by atoms with Crippen molar-refractivity contribution in [3.63, 3.8) is 0 Å². The summed E-state index contributed by atoms with van der Waals surface area (Å²) < 4.78 is 0. The lowest BCUT2D eigenvalue weighted by Gasteiger charge is -2.28. The molecule has 0 bridgehead atoms. The predicted octanol–water partition coefficient (Wildman–Crippen LogP) is -3.05. The third kappa shape index (κ3) is 1.79. The quantitative estimate of drug-likeness (QED) is 0.365. The molecule has 0 saturated carbocycles. The Balaban J connectivity index is 2.30. The van der Waals surface area contributed by atoms with Gasteiger partial charge < -0.3 is 0 Å². The summed E-state index contributed by atoms with van der Waals surface area (Å²) in [6.07, 6.45) is 0. The summed E-state index contributed by atoms with van der Waals surface area (Å²) in [5.41, 5.74) is 0. The number of nitrogens with one attached hydrogen (secondary N) is 4. The van der Waals surface area contributed by atoms with Gasteiger partial charge in [0.15, 0.2) is 0 Å². The fourth-order valence-corrected chi connectivity index (χ4v) is 1.66. The van der Waals surface area contributed by atoms with Crippen molar-refractivity contribution in [2.45, 2.75) is 0 Å². The maximum atomic E-state index is 11.4. The Morgan fingerprint density at radius 2 is 0.722 bits per heavy atom. The van der Waals surface area contributed by atoms with Gasteiger partial charge in [-0.15, -0.1) is 0 Å². The number of rotatable bonds is 1. The molecule has 0 aromatic carbocycles. The first kappa shape index (κ1) is 11.7. The van der Waals surface area contributed by atoms with Crippen molar-refractivity contribution >= 4 is 35.7 Å². The second kappa shape index (κ2) is 3.91. The Kier molecular flexibility index (Phi) is 2.54. The maximum Gasteiger partial charge on any atom is 0.328 e. The minimum atomic E-state index is -1.70. The zero-order valence-electron chi connectivity index (χ0n) is 8.60. The van der Waals surface area contributed by atoms with E-state index in [2.05, 4.69) is 0 Å². The van der Waals surface area contributed by atoms with E-state index in [1.165, 1.54) is 0 Å². The van der Waals surface area contributed by atoms with Gasteiger partial charge in [0.2, 0.25) is 23.6 Å². The second-order valence-corrected chi connectivity index (χ2v) is 3.57. The number of urea groups is 2. The normalized spacial score (nSPS) is 22.2. The highest BCUT2D eigenvalue weighted by Crippen LogP contribution is 2.18. The van der Waals surface area contributed by atoms with E-state index in [1.807, 2.05) is 0 Å². The number of carbonyl (C=O) groups excluding carboxylic acids is 6. The SMILES string of the molecule is O=C1NC(=O)C(C2C(=O)NC(=O)NC2=O)C(=O)N1. The van der Waals surface area contributed by atoms with Gasteiger partial charge in [-0.05, 0) is 0 Å². The van der Waals surface area contributed by atoms with Gasteiger partial charge in [0.25, 0.3) is 0 Å². The number of imide groups is 4. The molecule has 4 N–H and O–H groups in total. The predicted molar refractivity (Wildman–Crippen MR) is 50.3 cm³/mol. The van der Waals surface area contributed by atoms with Crippen LogP contribution in [0.3, 0.4) is 0 Å². The topological polar surface area (TPSA) is 151 Å². The summed E-state index contributed by atoms with van der Waals surface area (Å²) in [6.45, 7) is 0. The van der Waals surface area contributed by atoms with Gasteiger partial charge in [-0.25, -0.2) is 9.59 Å². The molecule has 2 aliphatic rings. The lowest BCUT2D eigenvalue weighted by molar-refractivity contribution is -0.150. The molecule has 0 atom stereocenters. The van der Waals surface area contributed by atoms with Crippen molar-refractivity contribution in [3.8, 4) is 0 Å². The fourth-order valence-electron chi connectivity index (χ4n) is 1.66. The summed E-state index contributed by atoms with van der Waals surface area (Å²) in [7, 11) is 0. The van der Waals surface area contributed by atoms with Gasteiger partial charge in [-0.3, -0.25) is 40.4 Å². The molecule has 2 saturated heterocycles. The fraction of sp³-hybridized carbons (Fsp3) is 0.250. The van der Waals surface area contributed by atoms with Gasteiger partial charge in [-0.1, -0.05) is 0 Å². The molecule has 0 aliphatic carbocycles. The molecule has 0 unspecified atom stereocenters. The van der Waals surface area contributed by atoms with Crippen LogP contribution < -0.4 is 21.3 Å². The van der Waals surface area contributed by atoms with Crippen LogP contribution in [0.25, 0.3) is 0 Å². The van der Waals surface area contributed by atoms with Crippen LogP contribution in [0.2, 0.25) is 0 Å². The van der Waals surface area contributed by atoms with Crippen LogP contribution in [0.15, 0.2) is 0 Å². The lowest BCUT2D eigenvalue weighted by atomic mass is 9.87. The van der Waals surface area contributed by atoms with E-state index in [4.69, 9.17) is 0 Å². The summed E-state index contributed by atoms with van der Waals surface area (Å²) in [6, 6.07) is -2.07. The third-order valence-corrected chi connectivity index (χ3v) is 2.41. The standard InChI is InChI=1S/C8H6N4O6/c13-3-1(4(14)10-7(17)9-3)2-5(15)11-8(18)12-6(2)16/h1-2H,(H2,9,10,13,14,17)(H2,11,12,15,16,18). The Hall–Kier alpha value is -2.78. The molecule has 0 aromatic rings. The first-order chi connectivity index (χ1) is 8.40. The van der Waals surface area contributed by atoms with E-state index >= 15 is 0 Å². The van der Waals surface area contributed by atoms with Gasteiger partial charge in [0.1, 0.15) is 11.8 Å². The van der Waals surface area contributed by atoms with Crippen molar-refractivity contribution in [2.75, 3.05) is 0 Å². The monoisotopic (exact) mass is 254 g/mol. The van der Waals surface area contributed by atoms with Crippen LogP contribution in [0.5, 0.6) is 0 Å². The first-order valence-electron chi connectivity index (χ1n) is 4.71. The Morgan fingerprint density at radius 3 is 0.944 bits per heavy atom. The number of hydrogen-bond acceptors (Lipinski definition) is 6. The number of barbiturate groups is 2. The van der Waals surface area contributed by atoms with Gasteiger partial charge in [0.05, 0.1) is 0 Å². The van der Waals surface area contributed by atoms with Gasteiger partial charge in [0, 0.05) is 0 Å². The van der Waals surface area contributed by atoms with Gasteiger partial charge in [-0.2, -0.15) is 0 Å². The number of hydrogen-bond donors (Lipinski definition) is 4. The second-order valence-electron chi connectivity index (χ2n) is 3.57. The van der Waals surface area contributed by atoms with Crippen molar-refractivity contribution in [2.24, 2.45) is 11.8 Å². The average Bonchev–Trinajstić information content (AvgIpc) is 2.20. The molecule has 18 heavy (non-hydrogen) atoms. The molecule has 2 aliphatic heterocycles. The van der Waals surface area contributed by atoms with E-state index in [-0.39, 0.29) is 0 Å². The molecule has 2 heterocycles. The van der Waals surface area contributed by atoms with Crippen molar-refractivity contribution < 1.29 is 28.8 Å². The molecule has 8 amide bonds. The zero-order valence-corrected chi connectivity index (χ0v) is 8.60. The average molecular weight is 254 g/mol. The summed E-state index contributed by atoms with van der Waals surface area (Å²) >= 11 is 0. The summed E-state index contributed by atoms with van der Waals surface area (Å²) in [5.74, 6) is -7.70. The molecule has 2 fully saturated rings. The Labute approximate surface area is 98.5 Å². The van der Waals surface area contributed by atoms with Crippen molar-refractivity contribution in [3.05, 3.63) is 0 Å². The zero-order chi connectivity index (χ0) is 13.4. The largest absolute Gasteiger partial charge is 0.328 e. The van der Waals surface area contributed by atoms with Crippen LogP contribution in [0.4, 0.5) is 9.59 Å². The van der Waals surface area contributed by atoms with Crippen LogP contribution in [0.1, 0.15) is 0 Å². The molecule has 2 rings (SSSR count). The van der Waals surface area contributed by atoms with Crippen LogP contribution >= 0.6 is 0 Å². The minimum Gasteiger partial charge on any atom is -0.277 e. The molecule has 10 nitrogen and oxygen atoms in total. The van der Waals surface area contributed by atoms with Crippen LogP contribution in [0, 0.1) is 11.8 Å². The molecule has 0 aromatic heterocycles. The molecule has 0 radical (unpaired) electrons. The lowest BCUT2D eigenvalue weighted by Crippen LogP contribution is -2.65. The molecule has 10 heteroatoms. The number of carbonyl (C=O) groups is 6. The molecule has 94 valence electrons. The van der Waals surface area contributed by atoms with E-state index in [0.29, 0.717) is 0 Å². The summed E-state index contributed by atoms with van der Waals surface area (Å²) in [5, 5.41) is 7.02. The molecular weight excluding hydrogens is 248 g/mol. The smallest absolute Gasteiger partial charge is 0.277 e. The maximum absolute atomic E-state index is 11.4. The molecule has 0 spiro atoms. The van der Waals surface area contributed by atoms with Crippen LogP contribution in [-0.2, 0) is 19.2 Å². The van der Waals surface area contributed by atoms with Crippen LogP contribution in [-0.4, -0.2) is 35.7 Å². The first-order valence-corrected chi connectivity index (χ1v) is 4.71. The molecular formula is C8H6N4O6. The van der Waals surface area contributed by atoms with E-state index in [9.17, 15) is 28.8 Å². The minimum absolute atomic E-state index is 1.03. The van der Waals surface area contributed by atoms with E-state index in [0.717, 1.165) is 0 Å². The summed E-state index contributed by atoms with van der Waals surface area (Å²) in [4.78, 5) is 67.4. The number of amides is 8. The highest BCUT2D eigenvalue weighted by molar-refractivity contribution is 6.24. The Bertz CT molecular complexity index is 426. The van der Waals surface area contributed by atoms with Crippen molar-refractivity contribution in [1.82, 2.24) is 21.3 Å². The van der Waals surface area contributed by atoms with E-state index < -0.39 is 47.5 Å². The highest BCUT2D eigenvalue weighted by Gasteiger charge is 2.49. The third-order valence-electron chi connectivity index (χ3n) is 2.41. The van der Waals surface area contributed by atoms with Crippen molar-refractivity contribution in [1.29, 1.82) is 0 Å². The van der Waals surface area contributed by atoms with E-state index in [1.54, 1.807) is 21.3 Å². The highest BCUT2D eigenvalue weighted by atomic mass is 16.2.